The molecule has 1 saturated heterocycles. The number of aryl methyl sites for hydroxylation is 1. The quantitative estimate of drug-likeness (QED) is 0.918. The first kappa shape index (κ1) is 17.0. The number of halogens is 1. The van der Waals surface area contributed by atoms with Crippen LogP contribution in [0.15, 0.2) is 42.5 Å². The number of carbonyl (C=O) groups excluding carboxylic acids is 1. The lowest BCUT2D eigenvalue weighted by Gasteiger charge is -2.26. The van der Waals surface area contributed by atoms with E-state index >= 15 is 0 Å². The van der Waals surface area contributed by atoms with E-state index in [1.165, 1.54) is 5.56 Å². The zero-order valence-electron chi connectivity index (χ0n) is 13.7. The van der Waals surface area contributed by atoms with Gasteiger partial charge in [-0.1, -0.05) is 23.7 Å². The Morgan fingerprint density at radius 2 is 1.88 bits per heavy atom. The molecule has 0 aliphatic carbocycles. The van der Waals surface area contributed by atoms with Crippen LogP contribution in [-0.2, 0) is 11.3 Å². The number of rotatable bonds is 4. The Labute approximate surface area is 147 Å². The molecule has 2 aromatic rings. The van der Waals surface area contributed by atoms with Crippen LogP contribution < -0.4 is 5.32 Å². The Balaban J connectivity index is 1.62. The molecule has 0 unspecified atom stereocenters. The molecule has 0 aromatic heterocycles. The second kappa shape index (κ2) is 7.79. The van der Waals surface area contributed by atoms with Gasteiger partial charge in [-0.25, -0.2) is 0 Å². The van der Waals surface area contributed by atoms with E-state index in [0.29, 0.717) is 10.6 Å². The number of benzene rings is 2. The second-order valence-corrected chi connectivity index (χ2v) is 6.44. The minimum Gasteiger partial charge on any atom is -0.379 e. The number of carbonyl (C=O) groups is 1. The number of hydrogen-bond acceptors (Lipinski definition) is 3. The predicted molar refractivity (Wildman–Crippen MR) is 96.7 cm³/mol. The van der Waals surface area contributed by atoms with Crippen LogP contribution in [-0.4, -0.2) is 37.1 Å². The van der Waals surface area contributed by atoms with Crippen LogP contribution in [0.4, 0.5) is 5.69 Å². The maximum absolute atomic E-state index is 12.4. The summed E-state index contributed by atoms with van der Waals surface area (Å²) in [5.41, 5.74) is 3.58. The summed E-state index contributed by atoms with van der Waals surface area (Å²) in [5.74, 6) is -0.113. The standard InChI is InChI=1S/C19H21ClN2O2/c1-14-12-17(20)6-7-18(14)21-19(23)16-4-2-15(3-5-16)13-22-8-10-24-11-9-22/h2-7,12H,8-11,13H2,1H3,(H,21,23). The Morgan fingerprint density at radius 3 is 2.54 bits per heavy atom. The van der Waals surface area contributed by atoms with Gasteiger partial charge in [-0.05, 0) is 48.4 Å². The van der Waals surface area contributed by atoms with Crippen molar-refractivity contribution >= 4 is 23.2 Å². The SMILES string of the molecule is Cc1cc(Cl)ccc1NC(=O)c1ccc(CN2CCOCC2)cc1. The van der Waals surface area contributed by atoms with E-state index in [4.69, 9.17) is 16.3 Å². The van der Waals surface area contributed by atoms with Crippen molar-refractivity contribution in [1.29, 1.82) is 0 Å². The Kier molecular flexibility index (Phi) is 5.51. The average molecular weight is 345 g/mol. The average Bonchev–Trinajstić information content (AvgIpc) is 2.59. The van der Waals surface area contributed by atoms with E-state index in [9.17, 15) is 4.79 Å². The number of nitrogens with one attached hydrogen (secondary N) is 1. The van der Waals surface area contributed by atoms with Gasteiger partial charge in [0.15, 0.2) is 0 Å². The summed E-state index contributed by atoms with van der Waals surface area (Å²) in [5, 5.41) is 3.59. The number of nitrogens with zero attached hydrogens (tertiary/aromatic N) is 1. The lowest BCUT2D eigenvalue weighted by atomic mass is 10.1. The van der Waals surface area contributed by atoms with Gasteiger partial charge in [0.1, 0.15) is 0 Å². The van der Waals surface area contributed by atoms with Crippen LogP contribution in [0.3, 0.4) is 0 Å². The number of anilines is 1. The highest BCUT2D eigenvalue weighted by Gasteiger charge is 2.12. The molecule has 1 heterocycles. The maximum Gasteiger partial charge on any atom is 0.255 e. The topological polar surface area (TPSA) is 41.6 Å². The fourth-order valence-electron chi connectivity index (χ4n) is 2.74. The molecule has 1 aliphatic heterocycles. The third-order valence-electron chi connectivity index (χ3n) is 4.16. The number of amides is 1. The van der Waals surface area contributed by atoms with Gasteiger partial charge in [0.25, 0.3) is 5.91 Å². The number of ether oxygens (including phenoxy) is 1. The normalized spacial score (nSPS) is 15.2. The summed E-state index contributed by atoms with van der Waals surface area (Å²) in [7, 11) is 0. The predicted octanol–water partition coefficient (Wildman–Crippen LogP) is 3.73. The monoisotopic (exact) mass is 344 g/mol. The first-order valence-electron chi connectivity index (χ1n) is 8.08. The Morgan fingerprint density at radius 1 is 1.17 bits per heavy atom. The third kappa shape index (κ3) is 4.35. The van der Waals surface area contributed by atoms with E-state index in [-0.39, 0.29) is 5.91 Å². The summed E-state index contributed by atoms with van der Waals surface area (Å²) in [6.45, 7) is 6.31. The molecular weight excluding hydrogens is 324 g/mol. The molecule has 1 amide bonds. The molecule has 4 nitrogen and oxygen atoms in total. The van der Waals surface area contributed by atoms with Gasteiger partial charge in [-0.2, -0.15) is 0 Å². The van der Waals surface area contributed by atoms with Crippen molar-refractivity contribution in [2.24, 2.45) is 0 Å². The molecule has 0 bridgehead atoms. The molecule has 3 rings (SSSR count). The van der Waals surface area contributed by atoms with Gasteiger partial charge in [0.05, 0.1) is 13.2 Å². The fraction of sp³-hybridized carbons (Fsp3) is 0.316. The third-order valence-corrected chi connectivity index (χ3v) is 4.40. The highest BCUT2D eigenvalue weighted by Crippen LogP contribution is 2.20. The van der Waals surface area contributed by atoms with Gasteiger partial charge in [-0.15, -0.1) is 0 Å². The van der Waals surface area contributed by atoms with Crippen molar-refractivity contribution in [3.63, 3.8) is 0 Å². The van der Waals surface area contributed by atoms with E-state index in [0.717, 1.165) is 44.1 Å². The fourth-order valence-corrected chi connectivity index (χ4v) is 2.97. The summed E-state index contributed by atoms with van der Waals surface area (Å²) >= 11 is 5.94. The van der Waals surface area contributed by atoms with Gasteiger partial charge < -0.3 is 10.1 Å². The molecule has 126 valence electrons. The molecule has 0 saturated carbocycles. The van der Waals surface area contributed by atoms with E-state index < -0.39 is 0 Å². The lowest BCUT2D eigenvalue weighted by Crippen LogP contribution is -2.35. The highest BCUT2D eigenvalue weighted by molar-refractivity contribution is 6.30. The zero-order chi connectivity index (χ0) is 16.9. The van der Waals surface area contributed by atoms with Crippen LogP contribution in [0.25, 0.3) is 0 Å². The highest BCUT2D eigenvalue weighted by atomic mass is 35.5. The number of hydrogen-bond donors (Lipinski definition) is 1. The van der Waals surface area contributed by atoms with Crippen molar-refractivity contribution in [3.05, 3.63) is 64.2 Å². The minimum atomic E-state index is -0.113. The molecule has 1 aliphatic rings. The molecule has 0 radical (unpaired) electrons. The molecule has 0 spiro atoms. The van der Waals surface area contributed by atoms with Gasteiger partial charge >= 0.3 is 0 Å². The second-order valence-electron chi connectivity index (χ2n) is 6.00. The first-order chi connectivity index (χ1) is 11.6. The van der Waals surface area contributed by atoms with Crippen molar-refractivity contribution in [2.45, 2.75) is 13.5 Å². The van der Waals surface area contributed by atoms with E-state index in [1.54, 1.807) is 6.07 Å². The van der Waals surface area contributed by atoms with Gasteiger partial charge in [0, 0.05) is 35.9 Å². The molecule has 1 fully saturated rings. The smallest absolute Gasteiger partial charge is 0.255 e. The van der Waals surface area contributed by atoms with Crippen molar-refractivity contribution < 1.29 is 9.53 Å². The van der Waals surface area contributed by atoms with Gasteiger partial charge in [-0.3, -0.25) is 9.69 Å². The van der Waals surface area contributed by atoms with Crippen molar-refractivity contribution in [3.8, 4) is 0 Å². The first-order valence-corrected chi connectivity index (χ1v) is 8.46. The minimum absolute atomic E-state index is 0.113. The summed E-state index contributed by atoms with van der Waals surface area (Å²) < 4.78 is 5.36. The van der Waals surface area contributed by atoms with Crippen LogP contribution >= 0.6 is 11.6 Å². The molecular formula is C19H21ClN2O2. The van der Waals surface area contributed by atoms with E-state index in [2.05, 4.69) is 10.2 Å². The molecule has 5 heteroatoms. The Hall–Kier alpha value is -1.88. The molecule has 24 heavy (non-hydrogen) atoms. The summed E-state index contributed by atoms with van der Waals surface area (Å²) in [6.07, 6.45) is 0. The number of morpholine rings is 1. The van der Waals surface area contributed by atoms with Crippen molar-refractivity contribution in [2.75, 3.05) is 31.6 Å². The van der Waals surface area contributed by atoms with Gasteiger partial charge in [0.2, 0.25) is 0 Å². The molecule has 2 aromatic carbocycles. The maximum atomic E-state index is 12.4. The van der Waals surface area contributed by atoms with Crippen molar-refractivity contribution in [1.82, 2.24) is 4.90 Å². The zero-order valence-corrected chi connectivity index (χ0v) is 14.5. The van der Waals surface area contributed by atoms with Crippen LogP contribution in [0, 0.1) is 6.92 Å². The lowest BCUT2D eigenvalue weighted by molar-refractivity contribution is 0.0342. The van der Waals surface area contributed by atoms with Crippen LogP contribution in [0.5, 0.6) is 0 Å². The van der Waals surface area contributed by atoms with Crippen LogP contribution in [0.2, 0.25) is 5.02 Å². The summed E-state index contributed by atoms with van der Waals surface area (Å²) in [6, 6.07) is 13.2. The van der Waals surface area contributed by atoms with Crippen LogP contribution in [0.1, 0.15) is 21.5 Å². The Bertz CT molecular complexity index is 710. The summed E-state index contributed by atoms with van der Waals surface area (Å²) in [4.78, 5) is 14.7. The largest absolute Gasteiger partial charge is 0.379 e. The molecule has 1 N–H and O–H groups in total. The molecule has 0 atom stereocenters. The van der Waals surface area contributed by atoms with E-state index in [1.807, 2.05) is 43.3 Å².